The van der Waals surface area contributed by atoms with Crippen molar-refractivity contribution in [1.29, 1.82) is 0 Å². The van der Waals surface area contributed by atoms with Crippen LogP contribution in [0.1, 0.15) is 6.92 Å². The maximum atomic E-state index is 3.05. The quantitative estimate of drug-likeness (QED) is 0.589. The van der Waals surface area contributed by atoms with E-state index in [-0.39, 0.29) is 0 Å². The molecule has 0 nitrogen and oxygen atoms in total. The third kappa shape index (κ3) is 3.04. The minimum absolute atomic E-state index is 1.41. The largest absolute Gasteiger partial charge is 0.138 e. The lowest BCUT2D eigenvalue weighted by Gasteiger charge is -2.24. The van der Waals surface area contributed by atoms with Crippen LogP contribution in [0.25, 0.3) is 0 Å². The Morgan fingerprint density at radius 3 is 1.74 bits per heavy atom. The summed E-state index contributed by atoms with van der Waals surface area (Å²) in [5.74, 6) is 5.98. The second-order valence-corrected chi connectivity index (χ2v) is 8.55. The van der Waals surface area contributed by atoms with Crippen LogP contribution in [0.3, 0.4) is 0 Å². The van der Waals surface area contributed by atoms with Crippen molar-refractivity contribution in [1.82, 2.24) is 0 Å². The van der Waals surface area contributed by atoms with E-state index in [0.717, 1.165) is 0 Å². The molecule has 2 aromatic carbocycles. The molecule has 94 valence electrons. The normalized spacial score (nSPS) is 11.1. The highest BCUT2D eigenvalue weighted by Gasteiger charge is 2.28. The van der Waals surface area contributed by atoms with Crippen molar-refractivity contribution in [3.8, 4) is 11.8 Å². The molecule has 0 bridgehead atoms. The van der Waals surface area contributed by atoms with Gasteiger partial charge in [0.2, 0.25) is 0 Å². The number of allylic oxidation sites excluding steroid dienone is 1. The van der Waals surface area contributed by atoms with Gasteiger partial charge in [-0.1, -0.05) is 89.2 Å². The maximum absolute atomic E-state index is 3.05. The Kier molecular flexibility index (Phi) is 4.38. The zero-order chi connectivity index (χ0) is 13.6. The van der Waals surface area contributed by atoms with Crippen LogP contribution in [0.15, 0.2) is 72.4 Å². The van der Waals surface area contributed by atoms with E-state index in [1.165, 1.54) is 10.4 Å². The maximum Gasteiger partial charge on any atom is 0.138 e. The fourth-order valence-electron chi connectivity index (χ4n) is 2.22. The summed E-state index contributed by atoms with van der Waals surface area (Å²) >= 11 is 0. The number of benzene rings is 2. The van der Waals surface area contributed by atoms with E-state index >= 15 is 0 Å². The van der Waals surface area contributed by atoms with Gasteiger partial charge in [-0.2, -0.15) is 0 Å². The molecule has 0 aliphatic heterocycles. The highest BCUT2D eigenvalue weighted by molar-refractivity contribution is 7.05. The molecule has 1 heteroatoms. The van der Waals surface area contributed by atoms with E-state index in [2.05, 4.69) is 84.8 Å². The van der Waals surface area contributed by atoms with Crippen LogP contribution in [0, 0.1) is 11.8 Å². The van der Waals surface area contributed by atoms with Crippen molar-refractivity contribution >= 4 is 18.4 Å². The lowest BCUT2D eigenvalue weighted by atomic mass is 10.4. The number of hydrogen-bond acceptors (Lipinski definition) is 0. The molecule has 0 N–H and O–H groups in total. The predicted octanol–water partition coefficient (Wildman–Crippen LogP) is 3.00. The molecule has 0 aliphatic rings. The van der Waals surface area contributed by atoms with Gasteiger partial charge in [0.1, 0.15) is 8.07 Å². The zero-order valence-corrected chi connectivity index (χ0v) is 12.4. The molecule has 0 atom stereocenters. The van der Waals surface area contributed by atoms with Crippen LogP contribution >= 0.6 is 0 Å². The summed E-state index contributed by atoms with van der Waals surface area (Å²) in [4.78, 5) is 0. The first kappa shape index (κ1) is 13.4. The van der Waals surface area contributed by atoms with Gasteiger partial charge in [0.05, 0.1) is 0 Å². The smallest absolute Gasteiger partial charge is 0.102 e. The molecule has 2 aromatic rings. The van der Waals surface area contributed by atoms with Crippen molar-refractivity contribution < 1.29 is 0 Å². The van der Waals surface area contributed by atoms with E-state index in [0.29, 0.717) is 0 Å². The Bertz CT molecular complexity index is 561. The summed E-state index contributed by atoms with van der Waals surface area (Å²) in [6.45, 7) is 4.24. The van der Waals surface area contributed by atoms with E-state index < -0.39 is 8.07 Å². The summed E-state index contributed by atoms with van der Waals surface area (Å²) in [7, 11) is -1.82. The minimum atomic E-state index is -1.82. The van der Waals surface area contributed by atoms with Gasteiger partial charge in [-0.15, -0.1) is 5.92 Å². The average molecular weight is 262 g/mol. The third-order valence-corrected chi connectivity index (χ3v) is 7.29. The molecule has 0 heterocycles. The van der Waals surface area contributed by atoms with Gasteiger partial charge >= 0.3 is 0 Å². The average Bonchev–Trinajstić information content (AvgIpc) is 2.49. The van der Waals surface area contributed by atoms with Gasteiger partial charge in [-0.05, 0) is 13.0 Å². The van der Waals surface area contributed by atoms with Crippen molar-refractivity contribution in [2.45, 2.75) is 13.5 Å². The lowest BCUT2D eigenvalue weighted by Crippen LogP contribution is -2.54. The van der Waals surface area contributed by atoms with Crippen LogP contribution < -0.4 is 10.4 Å². The predicted molar refractivity (Wildman–Crippen MR) is 86.4 cm³/mol. The topological polar surface area (TPSA) is 0 Å². The summed E-state index contributed by atoms with van der Waals surface area (Å²) in [5.41, 5.74) is 2.31. The summed E-state index contributed by atoms with van der Waals surface area (Å²) in [6, 6.07) is 21.5. The SMILES string of the molecule is CC#CC=C[Si](C)(c1ccccc1)c1ccccc1. The lowest BCUT2D eigenvalue weighted by molar-refractivity contribution is 1.69. The van der Waals surface area contributed by atoms with Gasteiger partial charge in [0.25, 0.3) is 0 Å². The van der Waals surface area contributed by atoms with Crippen LogP contribution in [-0.4, -0.2) is 8.07 Å². The second kappa shape index (κ2) is 6.22. The molecule has 0 aromatic heterocycles. The van der Waals surface area contributed by atoms with Crippen molar-refractivity contribution in [2.75, 3.05) is 0 Å². The minimum Gasteiger partial charge on any atom is -0.102 e. The van der Waals surface area contributed by atoms with E-state index in [1.54, 1.807) is 0 Å². The molecule has 0 saturated heterocycles. The molecule has 0 fully saturated rings. The van der Waals surface area contributed by atoms with Crippen LogP contribution in [-0.2, 0) is 0 Å². The van der Waals surface area contributed by atoms with Crippen molar-refractivity contribution in [3.05, 3.63) is 72.4 Å². The van der Waals surface area contributed by atoms with Gasteiger partial charge < -0.3 is 0 Å². The Labute approximate surface area is 116 Å². The van der Waals surface area contributed by atoms with Gasteiger partial charge in [0, 0.05) is 0 Å². The molecule has 0 aliphatic carbocycles. The molecular formula is C18H18Si. The van der Waals surface area contributed by atoms with E-state index in [4.69, 9.17) is 0 Å². The van der Waals surface area contributed by atoms with E-state index in [9.17, 15) is 0 Å². The van der Waals surface area contributed by atoms with Gasteiger partial charge in [-0.3, -0.25) is 0 Å². The second-order valence-electron chi connectivity index (χ2n) is 4.66. The Balaban J connectivity index is 2.53. The summed E-state index contributed by atoms with van der Waals surface area (Å²) < 4.78 is 0. The zero-order valence-electron chi connectivity index (χ0n) is 11.4. The fourth-order valence-corrected chi connectivity index (χ4v) is 5.12. The first-order chi connectivity index (χ1) is 9.27. The molecule has 19 heavy (non-hydrogen) atoms. The van der Waals surface area contributed by atoms with Crippen LogP contribution in [0.2, 0.25) is 6.55 Å². The van der Waals surface area contributed by atoms with E-state index in [1.807, 2.05) is 13.0 Å². The summed E-state index contributed by atoms with van der Waals surface area (Å²) in [6.07, 6.45) is 2.01. The van der Waals surface area contributed by atoms with Gasteiger partial charge in [0.15, 0.2) is 0 Å². The highest BCUT2D eigenvalue weighted by atomic mass is 28.3. The Hall–Kier alpha value is -2.04. The standard InChI is InChI=1S/C18H18Si/c1-3-4-11-16-19(2,17-12-7-5-8-13-17)18-14-9-6-10-15-18/h5-16H,1-2H3. The first-order valence-corrected chi connectivity index (χ1v) is 9.06. The summed E-state index contributed by atoms with van der Waals surface area (Å²) in [5, 5.41) is 2.82. The van der Waals surface area contributed by atoms with Crippen LogP contribution in [0.5, 0.6) is 0 Å². The molecule has 0 amide bonds. The molecule has 0 unspecified atom stereocenters. The first-order valence-electron chi connectivity index (χ1n) is 6.48. The monoisotopic (exact) mass is 262 g/mol. The number of hydrogen-bond donors (Lipinski definition) is 0. The van der Waals surface area contributed by atoms with Crippen molar-refractivity contribution in [2.24, 2.45) is 0 Å². The molecular weight excluding hydrogens is 244 g/mol. The Morgan fingerprint density at radius 1 is 0.842 bits per heavy atom. The highest BCUT2D eigenvalue weighted by Crippen LogP contribution is 2.07. The fraction of sp³-hybridized carbons (Fsp3) is 0.111. The van der Waals surface area contributed by atoms with Crippen LogP contribution in [0.4, 0.5) is 0 Å². The molecule has 0 radical (unpaired) electrons. The molecule has 0 saturated carbocycles. The Morgan fingerprint density at radius 2 is 1.32 bits per heavy atom. The van der Waals surface area contributed by atoms with Gasteiger partial charge in [-0.25, -0.2) is 0 Å². The molecule has 0 spiro atoms. The molecule has 2 rings (SSSR count). The third-order valence-electron chi connectivity index (χ3n) is 3.39. The van der Waals surface area contributed by atoms with Crippen molar-refractivity contribution in [3.63, 3.8) is 0 Å². The number of rotatable bonds is 3.